The van der Waals surface area contributed by atoms with E-state index in [0.29, 0.717) is 107 Å². The van der Waals surface area contributed by atoms with Crippen molar-refractivity contribution in [2.24, 2.45) is 0 Å². The maximum Gasteiger partial charge on any atom is 0.350 e. The summed E-state index contributed by atoms with van der Waals surface area (Å²) >= 11 is 0. The highest BCUT2D eigenvalue weighted by Crippen LogP contribution is 2.51. The molecular formula is C85H90O19. The number of rotatable bonds is 24. The lowest BCUT2D eigenvalue weighted by Gasteiger charge is -2.30. The zero-order valence-electron chi connectivity index (χ0n) is 61.1. The summed E-state index contributed by atoms with van der Waals surface area (Å²) in [5.74, 6) is 1.14. The molecule has 1 aliphatic carbocycles. The molecule has 4 aromatic carbocycles. The van der Waals surface area contributed by atoms with Crippen LogP contribution in [0.25, 0.3) is 73.1 Å². The Morgan fingerprint density at radius 3 is 1.19 bits per heavy atom. The van der Waals surface area contributed by atoms with Crippen molar-refractivity contribution in [3.8, 4) is 34.5 Å². The Balaban J connectivity index is 0.000000167. The summed E-state index contributed by atoms with van der Waals surface area (Å²) in [7, 11) is 0. The Morgan fingerprint density at radius 1 is 0.413 bits per heavy atom. The fraction of sp³-hybridized carbons (Fsp3) is 0.412. The van der Waals surface area contributed by atoms with Crippen LogP contribution < -0.4 is 39.7 Å². The molecule has 0 amide bonds. The number of allylic oxidation sites excluding steroid dienone is 5. The average molecular weight is 1420 g/mol. The summed E-state index contributed by atoms with van der Waals surface area (Å²) < 4.78 is 104. The minimum atomic E-state index is -1.38. The smallest absolute Gasteiger partial charge is 0.350 e. The summed E-state index contributed by atoms with van der Waals surface area (Å²) in [5.41, 5.74) is 9.44. The molecule has 16 rings (SSSR count). The van der Waals surface area contributed by atoms with Crippen LogP contribution in [0.4, 0.5) is 0 Å². The van der Waals surface area contributed by atoms with Crippen LogP contribution >= 0.6 is 0 Å². The zero-order valence-corrected chi connectivity index (χ0v) is 61.1. The SMILES string of the molecule is C/C(=C\COc1c2c(cc3occc13)OC1(C=C2)OC(CC/C(C)=C/COc2c3c(cc4oc(=O)ccc24)CC=C3)C(C)(C)O1)CCC1OC1(C)C.C/C(=C\COc1c2c(cc3occc13)OC1(C=C2)OC(CC/C(C)=C/COc2c3ccoc3cc3oc(=O)ccc23)C(C)(C)O1)CCC1OC1(C)C. The fourth-order valence-corrected chi connectivity index (χ4v) is 14.6. The summed E-state index contributed by atoms with van der Waals surface area (Å²) in [6, 6.07) is 19.4. The van der Waals surface area contributed by atoms with E-state index in [1.807, 2.05) is 94.5 Å². The van der Waals surface area contributed by atoms with E-state index >= 15 is 0 Å². The Morgan fingerprint density at radius 2 is 0.769 bits per heavy atom. The van der Waals surface area contributed by atoms with Gasteiger partial charge in [0.2, 0.25) is 0 Å². The largest absolute Gasteiger partial charge is 0.488 e. The molecule has 104 heavy (non-hydrogen) atoms. The van der Waals surface area contributed by atoms with E-state index < -0.39 is 28.8 Å². The first kappa shape index (κ1) is 70.3. The molecule has 0 N–H and O–H groups in total. The van der Waals surface area contributed by atoms with Crippen molar-refractivity contribution >= 4 is 73.1 Å². The molecule has 19 nitrogen and oxygen atoms in total. The molecule has 0 bridgehead atoms. The number of ether oxygens (including phenoxy) is 12. The molecule has 4 fully saturated rings. The van der Waals surface area contributed by atoms with Crippen molar-refractivity contribution in [1.82, 2.24) is 0 Å². The highest BCUT2D eigenvalue weighted by atomic mass is 16.9. The maximum absolute atomic E-state index is 11.9. The Bertz CT molecular complexity index is 5140. The predicted octanol–water partition coefficient (Wildman–Crippen LogP) is 19.1. The fourth-order valence-electron chi connectivity index (χ4n) is 14.6. The standard InChI is InChI=1S/C43H46O9.C42H44O10/c1-26(10-13-36-41(3,4)50-36)18-22-47-40-31-16-20-43(49-35(31)25-33-32(40)19-23-45-33)51-37(42(5,6)52-43)14-11-27(2)17-21-46-39-29-9-7-8-28(29)24-34-30(39)12-15-38(44)48-34;1-25(7-10-35-40(3,4)50-35)15-20-47-39-28-13-18-42(49-34(28)24-32-30(39)17-22-45-32)51-36(41(5,6)52-42)11-8-26(2)14-19-46-38-27-9-12-37(43)48-33(27)23-31-29(38)16-21-44-31/h7,9,12,15-20,23-25,36-37H,8,10-11,13-14,21-22H2,1-6H3;9,12-18,21-24,35-36H,7-8,10-11,19-20H2,1-6H3/b26-18+,27-17+;25-15+,26-14+. The molecule has 6 unspecified atom stereocenters. The van der Waals surface area contributed by atoms with Crippen molar-refractivity contribution < 1.29 is 78.9 Å². The van der Waals surface area contributed by atoms with E-state index in [4.69, 9.17) is 78.9 Å². The molecule has 2 spiro atoms. The predicted molar refractivity (Wildman–Crippen MR) is 397 cm³/mol. The van der Waals surface area contributed by atoms with Crippen LogP contribution in [0.2, 0.25) is 0 Å². The number of fused-ring (bicyclic) bond motifs is 8. The highest BCUT2D eigenvalue weighted by molar-refractivity contribution is 6.01. The van der Waals surface area contributed by atoms with E-state index in [1.165, 1.54) is 28.9 Å². The number of hydrogen-bond donors (Lipinski definition) is 0. The highest BCUT2D eigenvalue weighted by Gasteiger charge is 2.56. The van der Waals surface area contributed by atoms with Gasteiger partial charge in [-0.15, -0.1) is 0 Å². The van der Waals surface area contributed by atoms with E-state index in [1.54, 1.807) is 37.0 Å². The number of furan rings is 3. The van der Waals surface area contributed by atoms with Crippen LogP contribution in [0.3, 0.4) is 0 Å². The van der Waals surface area contributed by atoms with E-state index in [2.05, 4.69) is 85.8 Å². The number of hydrogen-bond acceptors (Lipinski definition) is 19. The number of benzene rings is 4. The number of epoxide rings is 2. The van der Waals surface area contributed by atoms with Crippen LogP contribution in [0, 0.1) is 0 Å². The molecule has 11 heterocycles. The molecule has 544 valence electrons. The Hall–Kier alpha value is -9.34. The third-order valence-corrected chi connectivity index (χ3v) is 20.9. The zero-order chi connectivity index (χ0) is 72.5. The molecule has 4 saturated heterocycles. The maximum atomic E-state index is 11.9. The van der Waals surface area contributed by atoms with Gasteiger partial charge in [-0.2, -0.15) is 0 Å². The quantitative estimate of drug-likeness (QED) is 0.0312. The van der Waals surface area contributed by atoms with Gasteiger partial charge in [-0.1, -0.05) is 34.4 Å². The van der Waals surface area contributed by atoms with Crippen LogP contribution in [-0.4, -0.2) is 85.2 Å². The molecule has 7 aliphatic rings. The van der Waals surface area contributed by atoms with Crippen LogP contribution in [0.15, 0.2) is 182 Å². The van der Waals surface area contributed by atoms with Crippen molar-refractivity contribution in [2.45, 2.75) is 200 Å². The van der Waals surface area contributed by atoms with E-state index in [9.17, 15) is 9.59 Å². The van der Waals surface area contributed by atoms with Crippen LogP contribution in [-0.2, 0) is 34.8 Å². The van der Waals surface area contributed by atoms with E-state index in [0.717, 1.165) is 106 Å². The van der Waals surface area contributed by atoms with Gasteiger partial charge < -0.3 is 78.9 Å². The molecule has 0 saturated carbocycles. The summed E-state index contributed by atoms with van der Waals surface area (Å²) in [4.78, 5) is 23.7. The average Bonchev–Trinajstić information content (AvgIpc) is 1.53. The second-order valence-corrected chi connectivity index (χ2v) is 30.4. The second kappa shape index (κ2) is 27.6. The first-order chi connectivity index (χ1) is 49.8. The van der Waals surface area contributed by atoms with Gasteiger partial charge in [-0.3, -0.25) is 0 Å². The Kier molecular flexibility index (Phi) is 18.7. The first-order valence-corrected chi connectivity index (χ1v) is 36.1. The topological polar surface area (TPSA) is 217 Å². The van der Waals surface area contributed by atoms with Crippen molar-refractivity contribution in [2.75, 3.05) is 26.4 Å². The summed E-state index contributed by atoms with van der Waals surface area (Å²) in [6.45, 7) is 26.6. The third-order valence-electron chi connectivity index (χ3n) is 20.9. The molecular weight excluding hydrogens is 1320 g/mol. The van der Waals surface area contributed by atoms with Gasteiger partial charge in [0.05, 0.1) is 104 Å². The van der Waals surface area contributed by atoms with Crippen molar-refractivity contribution in [3.05, 3.63) is 193 Å². The Labute approximate surface area is 603 Å². The minimum Gasteiger partial charge on any atom is -0.488 e. The lowest BCUT2D eigenvalue weighted by molar-refractivity contribution is -0.271. The van der Waals surface area contributed by atoms with Gasteiger partial charge in [0.1, 0.15) is 88.8 Å². The summed E-state index contributed by atoms with van der Waals surface area (Å²) in [6.07, 6.45) is 32.9. The molecule has 6 atom stereocenters. The van der Waals surface area contributed by atoms with E-state index in [-0.39, 0.29) is 29.0 Å². The second-order valence-electron chi connectivity index (χ2n) is 30.4. The van der Waals surface area contributed by atoms with Crippen molar-refractivity contribution in [3.63, 3.8) is 0 Å². The van der Waals surface area contributed by atoms with Gasteiger partial charge in [0.25, 0.3) is 0 Å². The third kappa shape index (κ3) is 14.6. The van der Waals surface area contributed by atoms with Gasteiger partial charge in [0.15, 0.2) is 0 Å². The molecule has 9 aromatic rings. The molecule has 0 radical (unpaired) electrons. The molecule has 6 aliphatic heterocycles. The van der Waals surface area contributed by atoms with Gasteiger partial charge in [0, 0.05) is 48.0 Å². The first-order valence-electron chi connectivity index (χ1n) is 36.1. The van der Waals surface area contributed by atoms with Gasteiger partial charge >= 0.3 is 23.2 Å². The normalized spacial score (nSPS) is 23.7. The van der Waals surface area contributed by atoms with Crippen molar-refractivity contribution in [1.29, 1.82) is 0 Å². The lowest BCUT2D eigenvalue weighted by Crippen LogP contribution is -2.39. The molecule has 5 aromatic heterocycles. The molecule has 19 heteroatoms. The van der Waals surface area contributed by atoms with Crippen LogP contribution in [0.1, 0.15) is 157 Å². The van der Waals surface area contributed by atoms with Gasteiger partial charge in [-0.25, -0.2) is 9.59 Å². The monoisotopic (exact) mass is 1410 g/mol. The lowest BCUT2D eigenvalue weighted by atomic mass is 9.96. The summed E-state index contributed by atoms with van der Waals surface area (Å²) in [5, 5.41) is 4.08. The minimum absolute atomic E-state index is 0.00205. The van der Waals surface area contributed by atoms with Gasteiger partial charge in [-0.05, 0) is 219 Å². The van der Waals surface area contributed by atoms with Crippen LogP contribution in [0.5, 0.6) is 34.5 Å².